The second-order valence-electron chi connectivity index (χ2n) is 7.78. The second kappa shape index (κ2) is 11.7. The normalized spacial score (nSPS) is 13.3. The Morgan fingerprint density at radius 3 is 2.51 bits per heavy atom. The lowest BCUT2D eigenvalue weighted by atomic mass is 10.0. The van der Waals surface area contributed by atoms with Gasteiger partial charge in [0.2, 0.25) is 0 Å². The standard InChI is InChI=1S/C27H27F3N2O3/c1-3-6-23(31-4-2)24(15-16-33)32-26(34)19-9-14-22-18(17-19)7-5-8-25(22)35-21-12-10-20(11-13-21)27(28,29)30/h4-14,17,24,33H,3,15-16H2,1-2H3,(H,32,34)/b23-6-,31-4?. The molecule has 3 rings (SSSR count). The molecule has 1 amide bonds. The molecular weight excluding hydrogens is 457 g/mol. The molecule has 5 nitrogen and oxygen atoms in total. The van der Waals surface area contributed by atoms with Crippen molar-refractivity contribution in [1.82, 2.24) is 5.32 Å². The quantitative estimate of drug-likeness (QED) is 0.340. The van der Waals surface area contributed by atoms with Gasteiger partial charge in [-0.05, 0) is 73.7 Å². The zero-order valence-electron chi connectivity index (χ0n) is 19.5. The molecule has 0 spiro atoms. The van der Waals surface area contributed by atoms with Crippen LogP contribution in [0.2, 0.25) is 0 Å². The molecule has 0 fully saturated rings. The predicted octanol–water partition coefficient (Wildman–Crippen LogP) is 6.52. The van der Waals surface area contributed by atoms with E-state index in [2.05, 4.69) is 10.3 Å². The number of allylic oxidation sites excluding steroid dienone is 1. The first kappa shape index (κ1) is 26.0. The van der Waals surface area contributed by atoms with Crippen molar-refractivity contribution >= 4 is 22.9 Å². The van der Waals surface area contributed by atoms with Crippen molar-refractivity contribution in [3.8, 4) is 11.5 Å². The van der Waals surface area contributed by atoms with Crippen LogP contribution >= 0.6 is 0 Å². The van der Waals surface area contributed by atoms with Crippen LogP contribution in [0.1, 0.15) is 42.6 Å². The molecule has 0 saturated heterocycles. The summed E-state index contributed by atoms with van der Waals surface area (Å²) in [5.41, 5.74) is 0.355. The van der Waals surface area contributed by atoms with Gasteiger partial charge in [0.15, 0.2) is 0 Å². The number of fused-ring (bicyclic) bond motifs is 1. The molecule has 3 aromatic carbocycles. The first-order chi connectivity index (χ1) is 16.8. The van der Waals surface area contributed by atoms with Crippen LogP contribution in [-0.4, -0.2) is 29.9 Å². The highest BCUT2D eigenvalue weighted by atomic mass is 19.4. The van der Waals surface area contributed by atoms with Gasteiger partial charge in [0.25, 0.3) is 5.91 Å². The lowest BCUT2D eigenvalue weighted by Gasteiger charge is -2.19. The summed E-state index contributed by atoms with van der Waals surface area (Å²) in [6.45, 7) is 3.65. The van der Waals surface area contributed by atoms with E-state index in [1.165, 1.54) is 12.1 Å². The molecule has 0 aliphatic rings. The van der Waals surface area contributed by atoms with E-state index in [0.717, 1.165) is 23.9 Å². The van der Waals surface area contributed by atoms with E-state index in [9.17, 15) is 23.1 Å². The van der Waals surface area contributed by atoms with Crippen LogP contribution in [0.4, 0.5) is 13.2 Å². The molecule has 0 aromatic heterocycles. The summed E-state index contributed by atoms with van der Waals surface area (Å²) in [6.07, 6.45) is 0.203. The summed E-state index contributed by atoms with van der Waals surface area (Å²) in [6, 6.07) is 14.4. The average molecular weight is 485 g/mol. The molecule has 35 heavy (non-hydrogen) atoms. The lowest BCUT2D eigenvalue weighted by molar-refractivity contribution is -0.137. The van der Waals surface area contributed by atoms with Crippen LogP contribution in [0.3, 0.4) is 0 Å². The molecule has 184 valence electrons. The molecule has 0 saturated carbocycles. The molecule has 1 unspecified atom stereocenters. The van der Waals surface area contributed by atoms with Crippen LogP contribution in [0.15, 0.2) is 77.4 Å². The van der Waals surface area contributed by atoms with Gasteiger partial charge in [0, 0.05) is 23.8 Å². The zero-order chi connectivity index (χ0) is 25.4. The first-order valence-electron chi connectivity index (χ1n) is 11.2. The van der Waals surface area contributed by atoms with Crippen molar-refractivity contribution in [3.05, 3.63) is 83.6 Å². The Bertz CT molecular complexity index is 1220. The number of hydrogen-bond donors (Lipinski definition) is 2. The minimum atomic E-state index is -4.42. The van der Waals surface area contributed by atoms with Gasteiger partial charge in [0.05, 0.1) is 17.3 Å². The van der Waals surface area contributed by atoms with Crippen molar-refractivity contribution in [1.29, 1.82) is 0 Å². The Balaban J connectivity index is 1.83. The Hall–Kier alpha value is -3.65. The van der Waals surface area contributed by atoms with Gasteiger partial charge in [-0.3, -0.25) is 9.79 Å². The summed E-state index contributed by atoms with van der Waals surface area (Å²) >= 11 is 0. The maximum absolute atomic E-state index is 13.0. The summed E-state index contributed by atoms with van der Waals surface area (Å²) in [5, 5.41) is 13.8. The number of aliphatic hydroxyl groups is 1. The minimum Gasteiger partial charge on any atom is -0.457 e. The van der Waals surface area contributed by atoms with Crippen molar-refractivity contribution in [2.24, 2.45) is 4.99 Å². The minimum absolute atomic E-state index is 0.104. The van der Waals surface area contributed by atoms with Crippen molar-refractivity contribution in [2.75, 3.05) is 6.61 Å². The molecule has 1 atom stereocenters. The highest BCUT2D eigenvalue weighted by Gasteiger charge is 2.30. The van der Waals surface area contributed by atoms with Gasteiger partial charge in [-0.25, -0.2) is 0 Å². The number of amides is 1. The van der Waals surface area contributed by atoms with Crippen molar-refractivity contribution in [2.45, 2.75) is 38.9 Å². The maximum Gasteiger partial charge on any atom is 0.416 e. The fourth-order valence-electron chi connectivity index (χ4n) is 3.63. The fourth-order valence-corrected chi connectivity index (χ4v) is 3.63. The third-order valence-corrected chi connectivity index (χ3v) is 5.28. The van der Waals surface area contributed by atoms with Gasteiger partial charge >= 0.3 is 6.18 Å². The maximum atomic E-state index is 13.0. The third kappa shape index (κ3) is 6.70. The highest BCUT2D eigenvalue weighted by Crippen LogP contribution is 2.33. The number of carbonyl (C=O) groups excluding carboxylic acids is 1. The first-order valence-corrected chi connectivity index (χ1v) is 11.2. The number of ether oxygens (including phenoxy) is 1. The van der Waals surface area contributed by atoms with E-state index in [-0.39, 0.29) is 18.3 Å². The second-order valence-corrected chi connectivity index (χ2v) is 7.78. The molecular formula is C27H27F3N2O3. The molecule has 2 N–H and O–H groups in total. The van der Waals surface area contributed by atoms with E-state index >= 15 is 0 Å². The Morgan fingerprint density at radius 2 is 1.89 bits per heavy atom. The monoisotopic (exact) mass is 484 g/mol. The SMILES string of the molecule is CC=N/C(=C\CC)C(CCO)NC(=O)c1ccc2c(Oc3ccc(C(F)(F)F)cc3)cccc2c1. The van der Waals surface area contributed by atoms with E-state index in [0.29, 0.717) is 28.8 Å². The van der Waals surface area contributed by atoms with Crippen molar-refractivity contribution < 1.29 is 27.8 Å². The zero-order valence-corrected chi connectivity index (χ0v) is 19.5. The number of aliphatic hydroxyl groups excluding tert-OH is 1. The van der Waals surface area contributed by atoms with E-state index in [1.54, 1.807) is 43.5 Å². The number of nitrogens with one attached hydrogen (secondary N) is 1. The van der Waals surface area contributed by atoms with Crippen LogP contribution in [0, 0.1) is 0 Å². The topological polar surface area (TPSA) is 70.9 Å². The predicted molar refractivity (Wildman–Crippen MR) is 131 cm³/mol. The fraction of sp³-hybridized carbons (Fsp3) is 0.259. The van der Waals surface area contributed by atoms with Crippen LogP contribution < -0.4 is 10.1 Å². The van der Waals surface area contributed by atoms with Gasteiger partial charge in [-0.15, -0.1) is 0 Å². The Kier molecular flexibility index (Phi) is 8.65. The molecule has 3 aromatic rings. The summed E-state index contributed by atoms with van der Waals surface area (Å²) in [4.78, 5) is 17.3. The van der Waals surface area contributed by atoms with Crippen molar-refractivity contribution in [3.63, 3.8) is 0 Å². The number of alkyl halides is 3. The summed E-state index contributed by atoms with van der Waals surface area (Å²) in [5.74, 6) is 0.413. The molecule has 0 aliphatic heterocycles. The smallest absolute Gasteiger partial charge is 0.416 e. The lowest BCUT2D eigenvalue weighted by Crippen LogP contribution is -2.36. The number of hydrogen-bond acceptors (Lipinski definition) is 4. The number of halogens is 3. The molecule has 0 bridgehead atoms. The third-order valence-electron chi connectivity index (χ3n) is 5.28. The Morgan fingerprint density at radius 1 is 1.14 bits per heavy atom. The number of rotatable bonds is 9. The van der Waals surface area contributed by atoms with E-state index in [4.69, 9.17) is 4.74 Å². The number of benzene rings is 3. The molecule has 0 heterocycles. The summed E-state index contributed by atoms with van der Waals surface area (Å²) < 4.78 is 44.2. The van der Waals surface area contributed by atoms with E-state index in [1.807, 2.05) is 19.1 Å². The van der Waals surface area contributed by atoms with Gasteiger partial charge < -0.3 is 15.2 Å². The van der Waals surface area contributed by atoms with Gasteiger partial charge in [-0.2, -0.15) is 13.2 Å². The largest absolute Gasteiger partial charge is 0.457 e. The molecule has 0 radical (unpaired) electrons. The van der Waals surface area contributed by atoms with Crippen LogP contribution in [-0.2, 0) is 6.18 Å². The number of nitrogens with zero attached hydrogens (tertiary/aromatic N) is 1. The molecule has 0 aliphatic carbocycles. The molecule has 8 heteroatoms. The van der Waals surface area contributed by atoms with Crippen LogP contribution in [0.5, 0.6) is 11.5 Å². The van der Waals surface area contributed by atoms with Crippen LogP contribution in [0.25, 0.3) is 10.8 Å². The van der Waals surface area contributed by atoms with Gasteiger partial charge in [-0.1, -0.05) is 25.1 Å². The summed E-state index contributed by atoms with van der Waals surface area (Å²) in [7, 11) is 0. The highest BCUT2D eigenvalue weighted by molar-refractivity contribution is 6.00. The Labute approximate surface area is 202 Å². The van der Waals surface area contributed by atoms with Gasteiger partial charge in [0.1, 0.15) is 11.5 Å². The number of carbonyl (C=O) groups is 1. The average Bonchev–Trinajstić information content (AvgIpc) is 2.83. The number of aliphatic imine (C=N–C) groups is 1. The van der Waals surface area contributed by atoms with E-state index < -0.39 is 17.8 Å².